The van der Waals surface area contributed by atoms with Gasteiger partial charge in [-0.1, -0.05) is 37.3 Å². The van der Waals surface area contributed by atoms with Crippen molar-refractivity contribution in [3.8, 4) is 5.75 Å². The highest BCUT2D eigenvalue weighted by molar-refractivity contribution is 8.15. The molecule has 1 N–H and O–H groups in total. The average Bonchev–Trinajstić information content (AvgIpc) is 3.13. The zero-order valence-corrected chi connectivity index (χ0v) is 18.1. The highest BCUT2D eigenvalue weighted by atomic mass is 32.2. The molecule has 2 aliphatic heterocycles. The number of amides is 2. The van der Waals surface area contributed by atoms with Crippen LogP contribution in [0.15, 0.2) is 64.6 Å². The smallest absolute Gasteiger partial charge is 0.321 e. The van der Waals surface area contributed by atoms with Gasteiger partial charge in [0.05, 0.1) is 12.8 Å². The Balaban J connectivity index is 1.43. The molecule has 2 amide bonds. The van der Waals surface area contributed by atoms with E-state index in [4.69, 9.17) is 14.7 Å². The van der Waals surface area contributed by atoms with Crippen molar-refractivity contribution in [2.75, 3.05) is 31.3 Å². The number of likely N-dealkylation sites (tertiary alicyclic amines) is 1. The third kappa shape index (κ3) is 4.36. The van der Waals surface area contributed by atoms with Gasteiger partial charge in [-0.2, -0.15) is 0 Å². The van der Waals surface area contributed by atoms with Crippen molar-refractivity contribution >= 4 is 34.2 Å². The standard InChI is InChI=1S/C23H26N4O2S/c1-3-30-21-20(17-7-5-4-6-8-17)25-23(26-21)13-15-27(16-14-23)22(28)24-18-9-11-19(29-2)12-10-18/h4-12H,3,13-16H2,1-2H3,(H,24,28). The third-order valence-corrected chi connectivity index (χ3v) is 6.20. The average molecular weight is 423 g/mol. The summed E-state index contributed by atoms with van der Waals surface area (Å²) in [6, 6.07) is 17.5. The Morgan fingerprint density at radius 3 is 2.43 bits per heavy atom. The number of aliphatic imine (C=N–C) groups is 2. The lowest BCUT2D eigenvalue weighted by atomic mass is 9.98. The summed E-state index contributed by atoms with van der Waals surface area (Å²) >= 11 is 1.74. The van der Waals surface area contributed by atoms with E-state index >= 15 is 0 Å². The number of carbonyl (C=O) groups is 1. The summed E-state index contributed by atoms with van der Waals surface area (Å²) in [5.74, 6) is 1.72. The number of thioether (sulfide) groups is 1. The minimum atomic E-state index is -0.445. The van der Waals surface area contributed by atoms with Crippen molar-refractivity contribution in [3.63, 3.8) is 0 Å². The number of ether oxygens (including phenoxy) is 1. The minimum absolute atomic E-state index is 0.0904. The number of piperidine rings is 1. The molecule has 0 saturated carbocycles. The zero-order chi connectivity index (χ0) is 21.0. The number of methoxy groups -OCH3 is 1. The van der Waals surface area contributed by atoms with Crippen LogP contribution in [0, 0.1) is 0 Å². The summed E-state index contributed by atoms with van der Waals surface area (Å²) in [5.41, 5.74) is 2.40. The van der Waals surface area contributed by atoms with E-state index in [2.05, 4.69) is 24.4 Å². The summed E-state index contributed by atoms with van der Waals surface area (Å²) in [5, 5.41) is 3.98. The first-order chi connectivity index (χ1) is 14.6. The molecule has 30 heavy (non-hydrogen) atoms. The molecular weight excluding hydrogens is 396 g/mol. The molecule has 1 saturated heterocycles. The molecule has 1 fully saturated rings. The first-order valence-corrected chi connectivity index (χ1v) is 11.2. The van der Waals surface area contributed by atoms with Gasteiger partial charge in [0, 0.05) is 37.2 Å². The summed E-state index contributed by atoms with van der Waals surface area (Å²) in [6.07, 6.45) is 1.46. The van der Waals surface area contributed by atoms with Crippen LogP contribution in [0.25, 0.3) is 0 Å². The molecule has 4 rings (SSSR count). The van der Waals surface area contributed by atoms with Crippen LogP contribution in [0.2, 0.25) is 0 Å². The summed E-state index contributed by atoms with van der Waals surface area (Å²) in [6.45, 7) is 3.38. The van der Waals surface area contributed by atoms with E-state index in [9.17, 15) is 4.79 Å². The lowest BCUT2D eigenvalue weighted by Gasteiger charge is -2.35. The van der Waals surface area contributed by atoms with Gasteiger partial charge in [0.15, 0.2) is 5.66 Å². The van der Waals surface area contributed by atoms with Crippen molar-refractivity contribution in [1.29, 1.82) is 0 Å². The fourth-order valence-corrected chi connectivity index (χ4v) is 4.52. The summed E-state index contributed by atoms with van der Waals surface area (Å²) in [4.78, 5) is 24.6. The van der Waals surface area contributed by atoms with Crippen molar-refractivity contribution in [1.82, 2.24) is 4.90 Å². The highest BCUT2D eigenvalue weighted by Gasteiger charge is 2.40. The van der Waals surface area contributed by atoms with Crippen molar-refractivity contribution < 1.29 is 9.53 Å². The SMILES string of the molecule is CCSC1=NC2(CCN(C(=O)Nc3ccc(OC)cc3)CC2)N=C1c1ccccc1. The molecule has 7 heteroatoms. The number of carbonyl (C=O) groups excluding carboxylic acids is 1. The number of rotatable bonds is 4. The van der Waals surface area contributed by atoms with Gasteiger partial charge in [-0.25, -0.2) is 9.79 Å². The molecule has 156 valence electrons. The second-order valence-corrected chi connectivity index (χ2v) is 8.56. The highest BCUT2D eigenvalue weighted by Crippen LogP contribution is 2.35. The number of hydrogen-bond acceptors (Lipinski definition) is 5. The normalized spacial score (nSPS) is 17.5. The lowest BCUT2D eigenvalue weighted by Crippen LogP contribution is -2.46. The predicted molar refractivity (Wildman–Crippen MR) is 124 cm³/mol. The van der Waals surface area contributed by atoms with Gasteiger partial charge in [0.25, 0.3) is 0 Å². The maximum atomic E-state index is 12.7. The molecule has 2 aromatic rings. The fraction of sp³-hybridized carbons (Fsp3) is 0.348. The molecule has 0 aromatic heterocycles. The summed E-state index contributed by atoms with van der Waals surface area (Å²) < 4.78 is 5.16. The monoisotopic (exact) mass is 422 g/mol. The maximum Gasteiger partial charge on any atom is 0.321 e. The number of urea groups is 1. The molecule has 0 radical (unpaired) electrons. The maximum absolute atomic E-state index is 12.7. The molecule has 0 bridgehead atoms. The number of nitrogens with one attached hydrogen (secondary N) is 1. The second kappa shape index (κ2) is 8.92. The first-order valence-electron chi connectivity index (χ1n) is 10.2. The van der Waals surface area contributed by atoms with E-state index < -0.39 is 5.66 Å². The van der Waals surface area contributed by atoms with Crippen LogP contribution < -0.4 is 10.1 Å². The van der Waals surface area contributed by atoms with Gasteiger partial charge in [-0.3, -0.25) is 4.99 Å². The Hall–Kier alpha value is -2.80. The molecule has 2 heterocycles. The Bertz CT molecular complexity index is 949. The molecule has 1 spiro atoms. The summed E-state index contributed by atoms with van der Waals surface area (Å²) in [7, 11) is 1.62. The van der Waals surface area contributed by atoms with Crippen molar-refractivity contribution in [3.05, 3.63) is 60.2 Å². The van der Waals surface area contributed by atoms with Crippen molar-refractivity contribution in [2.45, 2.75) is 25.4 Å². The van der Waals surface area contributed by atoms with Crippen LogP contribution in [-0.2, 0) is 0 Å². The number of anilines is 1. The molecular formula is C23H26N4O2S. The number of nitrogens with zero attached hydrogens (tertiary/aromatic N) is 3. The van der Waals surface area contributed by atoms with E-state index in [0.717, 1.165) is 46.4 Å². The Morgan fingerprint density at radius 2 is 1.80 bits per heavy atom. The van der Waals surface area contributed by atoms with E-state index in [0.29, 0.717) is 13.1 Å². The quantitative estimate of drug-likeness (QED) is 0.778. The largest absolute Gasteiger partial charge is 0.497 e. The first kappa shape index (κ1) is 20.5. The van der Waals surface area contributed by atoms with E-state index in [1.54, 1.807) is 18.9 Å². The van der Waals surface area contributed by atoms with Gasteiger partial charge in [-0.15, -0.1) is 11.8 Å². The molecule has 2 aliphatic rings. The van der Waals surface area contributed by atoms with Crippen LogP contribution >= 0.6 is 11.8 Å². The van der Waals surface area contributed by atoms with Gasteiger partial charge in [-0.05, 0) is 30.0 Å². The Labute approximate surface area is 181 Å². The topological polar surface area (TPSA) is 66.3 Å². The van der Waals surface area contributed by atoms with Crippen LogP contribution in [0.5, 0.6) is 5.75 Å². The van der Waals surface area contributed by atoms with Gasteiger partial charge >= 0.3 is 6.03 Å². The van der Waals surface area contributed by atoms with Gasteiger partial charge < -0.3 is 15.0 Å². The molecule has 0 unspecified atom stereocenters. The van der Waals surface area contributed by atoms with Crippen LogP contribution in [0.1, 0.15) is 25.3 Å². The minimum Gasteiger partial charge on any atom is -0.497 e. The predicted octanol–water partition coefficient (Wildman–Crippen LogP) is 4.67. The van der Waals surface area contributed by atoms with Gasteiger partial charge in [0.1, 0.15) is 10.8 Å². The van der Waals surface area contributed by atoms with E-state index in [1.165, 1.54) is 0 Å². The van der Waals surface area contributed by atoms with E-state index in [1.807, 2.05) is 47.4 Å². The fourth-order valence-electron chi connectivity index (χ4n) is 3.71. The number of benzene rings is 2. The number of hydrogen-bond donors (Lipinski definition) is 1. The van der Waals surface area contributed by atoms with Crippen LogP contribution in [0.3, 0.4) is 0 Å². The van der Waals surface area contributed by atoms with Crippen LogP contribution in [0.4, 0.5) is 10.5 Å². The Kier molecular flexibility index (Phi) is 6.08. The molecule has 2 aromatic carbocycles. The second-order valence-electron chi connectivity index (χ2n) is 7.30. The van der Waals surface area contributed by atoms with Crippen molar-refractivity contribution in [2.24, 2.45) is 9.98 Å². The lowest BCUT2D eigenvalue weighted by molar-refractivity contribution is 0.175. The van der Waals surface area contributed by atoms with Crippen LogP contribution in [-0.4, -0.2) is 53.3 Å². The molecule has 6 nitrogen and oxygen atoms in total. The zero-order valence-electron chi connectivity index (χ0n) is 17.3. The molecule has 0 aliphatic carbocycles. The third-order valence-electron chi connectivity index (χ3n) is 5.35. The van der Waals surface area contributed by atoms with E-state index in [-0.39, 0.29) is 6.03 Å². The van der Waals surface area contributed by atoms with Gasteiger partial charge in [0.2, 0.25) is 0 Å². The Morgan fingerprint density at radius 1 is 1.10 bits per heavy atom. The molecule has 0 atom stereocenters.